The third kappa shape index (κ3) is 5.42. The van der Waals surface area contributed by atoms with E-state index in [4.69, 9.17) is 4.74 Å². The number of sulfonamides is 1. The molecule has 1 heterocycles. The van der Waals surface area contributed by atoms with E-state index in [1.807, 2.05) is 0 Å². The fourth-order valence-corrected chi connectivity index (χ4v) is 4.36. The SMILES string of the molecule is O=C(NCCOc1cccc(F)c1)N1CCN(S(=O)(=O)c2cccc(F)c2)CC1. The highest BCUT2D eigenvalue weighted by Gasteiger charge is 2.30. The van der Waals surface area contributed by atoms with Gasteiger partial charge in [-0.2, -0.15) is 4.31 Å². The number of piperazine rings is 1. The lowest BCUT2D eigenvalue weighted by Gasteiger charge is -2.34. The lowest BCUT2D eigenvalue weighted by molar-refractivity contribution is 0.170. The predicted octanol–water partition coefficient (Wildman–Crippen LogP) is 2.06. The molecule has 29 heavy (non-hydrogen) atoms. The summed E-state index contributed by atoms with van der Waals surface area (Å²) in [6, 6.07) is 10.2. The average molecular weight is 425 g/mol. The number of nitrogens with zero attached hydrogens (tertiary/aromatic N) is 2. The van der Waals surface area contributed by atoms with Gasteiger partial charge in [0, 0.05) is 32.2 Å². The van der Waals surface area contributed by atoms with Gasteiger partial charge in [0.25, 0.3) is 0 Å². The predicted molar refractivity (Wildman–Crippen MR) is 102 cm³/mol. The second-order valence-corrected chi connectivity index (χ2v) is 8.32. The first-order valence-corrected chi connectivity index (χ1v) is 10.5. The molecule has 2 aromatic carbocycles. The molecular weight excluding hydrogens is 404 g/mol. The van der Waals surface area contributed by atoms with Crippen LogP contribution in [0.3, 0.4) is 0 Å². The zero-order valence-electron chi connectivity index (χ0n) is 15.6. The molecule has 2 amide bonds. The first-order valence-electron chi connectivity index (χ1n) is 9.03. The molecule has 0 bridgehead atoms. The van der Waals surface area contributed by atoms with E-state index in [0.717, 1.165) is 6.07 Å². The second kappa shape index (κ2) is 9.19. The Bertz CT molecular complexity index is 963. The van der Waals surface area contributed by atoms with Crippen molar-refractivity contribution in [1.29, 1.82) is 0 Å². The van der Waals surface area contributed by atoms with Crippen molar-refractivity contribution >= 4 is 16.1 Å². The van der Waals surface area contributed by atoms with Gasteiger partial charge < -0.3 is 15.0 Å². The van der Waals surface area contributed by atoms with Gasteiger partial charge in [0.15, 0.2) is 0 Å². The summed E-state index contributed by atoms with van der Waals surface area (Å²) in [5.41, 5.74) is 0. The molecule has 2 aromatic rings. The van der Waals surface area contributed by atoms with Crippen LogP contribution in [0.2, 0.25) is 0 Å². The first kappa shape index (κ1) is 21.0. The number of amides is 2. The van der Waals surface area contributed by atoms with Crippen molar-refractivity contribution in [2.24, 2.45) is 0 Å². The summed E-state index contributed by atoms with van der Waals surface area (Å²) in [6.07, 6.45) is 0. The Balaban J connectivity index is 1.44. The van der Waals surface area contributed by atoms with Crippen molar-refractivity contribution in [2.45, 2.75) is 4.90 Å². The normalized spacial score (nSPS) is 15.2. The van der Waals surface area contributed by atoms with E-state index in [0.29, 0.717) is 5.75 Å². The summed E-state index contributed by atoms with van der Waals surface area (Å²) in [4.78, 5) is 13.6. The summed E-state index contributed by atoms with van der Waals surface area (Å²) in [6.45, 7) is 1.05. The summed E-state index contributed by atoms with van der Waals surface area (Å²) in [5.74, 6) is -0.655. The van der Waals surface area contributed by atoms with Gasteiger partial charge in [-0.3, -0.25) is 0 Å². The van der Waals surface area contributed by atoms with E-state index in [1.54, 1.807) is 6.07 Å². The molecular formula is C19H21F2N3O4S. The minimum Gasteiger partial charge on any atom is -0.492 e. The van der Waals surface area contributed by atoms with Crippen LogP contribution in [0.5, 0.6) is 5.75 Å². The minimum absolute atomic E-state index is 0.107. The zero-order valence-corrected chi connectivity index (χ0v) is 16.4. The molecule has 0 saturated carbocycles. The van der Waals surface area contributed by atoms with Crippen LogP contribution >= 0.6 is 0 Å². The van der Waals surface area contributed by atoms with Gasteiger partial charge >= 0.3 is 6.03 Å². The Morgan fingerprint density at radius 1 is 1.00 bits per heavy atom. The summed E-state index contributed by atoms with van der Waals surface area (Å²) < 4.78 is 58.2. The number of hydrogen-bond donors (Lipinski definition) is 1. The maximum absolute atomic E-state index is 13.3. The molecule has 1 aliphatic rings. The third-order valence-corrected chi connectivity index (χ3v) is 6.30. The molecule has 1 N–H and O–H groups in total. The number of rotatable bonds is 6. The minimum atomic E-state index is -3.80. The van der Waals surface area contributed by atoms with E-state index in [-0.39, 0.29) is 50.3 Å². The van der Waals surface area contributed by atoms with Crippen molar-refractivity contribution in [3.63, 3.8) is 0 Å². The number of hydrogen-bond acceptors (Lipinski definition) is 4. The van der Waals surface area contributed by atoms with Gasteiger partial charge in [-0.25, -0.2) is 22.0 Å². The maximum Gasteiger partial charge on any atom is 0.317 e. The monoisotopic (exact) mass is 425 g/mol. The highest BCUT2D eigenvalue weighted by Crippen LogP contribution is 2.18. The average Bonchev–Trinajstić information content (AvgIpc) is 2.71. The van der Waals surface area contributed by atoms with Crippen LogP contribution in [-0.2, 0) is 10.0 Å². The molecule has 1 fully saturated rings. The van der Waals surface area contributed by atoms with Crippen LogP contribution in [0.4, 0.5) is 13.6 Å². The Labute approximate surface area is 167 Å². The molecule has 0 radical (unpaired) electrons. The molecule has 3 rings (SSSR count). The van der Waals surface area contributed by atoms with Gasteiger partial charge in [0.1, 0.15) is 24.0 Å². The van der Waals surface area contributed by atoms with Gasteiger partial charge in [-0.1, -0.05) is 12.1 Å². The van der Waals surface area contributed by atoms with Gasteiger partial charge in [0.2, 0.25) is 10.0 Å². The second-order valence-electron chi connectivity index (χ2n) is 6.39. The number of urea groups is 1. The molecule has 0 unspecified atom stereocenters. The lowest BCUT2D eigenvalue weighted by Crippen LogP contribution is -2.53. The number of carbonyl (C=O) groups is 1. The highest BCUT2D eigenvalue weighted by molar-refractivity contribution is 7.89. The number of nitrogens with one attached hydrogen (secondary N) is 1. The van der Waals surface area contributed by atoms with E-state index in [2.05, 4.69) is 5.32 Å². The first-order chi connectivity index (χ1) is 13.9. The fraction of sp³-hybridized carbons (Fsp3) is 0.316. The van der Waals surface area contributed by atoms with Gasteiger partial charge in [-0.15, -0.1) is 0 Å². The molecule has 1 aliphatic heterocycles. The number of ether oxygens (including phenoxy) is 1. The van der Waals surface area contributed by atoms with Crippen molar-refractivity contribution in [1.82, 2.24) is 14.5 Å². The molecule has 0 spiro atoms. The van der Waals surface area contributed by atoms with Crippen LogP contribution in [0.25, 0.3) is 0 Å². The number of benzene rings is 2. The van der Waals surface area contributed by atoms with Crippen LogP contribution in [0.15, 0.2) is 53.4 Å². The van der Waals surface area contributed by atoms with Crippen LogP contribution in [-0.4, -0.2) is 63.0 Å². The van der Waals surface area contributed by atoms with Crippen molar-refractivity contribution in [2.75, 3.05) is 39.3 Å². The van der Waals surface area contributed by atoms with Crippen LogP contribution in [0, 0.1) is 11.6 Å². The fourth-order valence-electron chi connectivity index (χ4n) is 2.90. The van der Waals surface area contributed by atoms with Gasteiger partial charge in [0.05, 0.1) is 11.4 Å². The number of halogens is 2. The van der Waals surface area contributed by atoms with Crippen LogP contribution in [0.1, 0.15) is 0 Å². The van der Waals surface area contributed by atoms with E-state index >= 15 is 0 Å². The standard InChI is InChI=1S/C19H21F2N3O4S/c20-15-3-1-5-17(13-15)28-12-7-22-19(25)23-8-10-24(11-9-23)29(26,27)18-6-2-4-16(21)14-18/h1-6,13-14H,7-12H2,(H,22,25). The molecule has 10 heteroatoms. The van der Waals surface area contributed by atoms with E-state index in [1.165, 1.54) is 45.6 Å². The Morgan fingerprint density at radius 3 is 2.31 bits per heavy atom. The summed E-state index contributed by atoms with van der Waals surface area (Å²) in [7, 11) is -3.80. The Hall–Kier alpha value is -2.72. The maximum atomic E-state index is 13.3. The molecule has 1 saturated heterocycles. The number of carbonyl (C=O) groups excluding carboxylic acids is 1. The third-order valence-electron chi connectivity index (χ3n) is 4.40. The molecule has 0 aromatic heterocycles. The molecule has 7 nitrogen and oxygen atoms in total. The Morgan fingerprint density at radius 2 is 1.66 bits per heavy atom. The molecule has 0 aliphatic carbocycles. The zero-order chi connectivity index (χ0) is 20.9. The Kier molecular flexibility index (Phi) is 6.65. The molecule has 156 valence electrons. The smallest absolute Gasteiger partial charge is 0.317 e. The van der Waals surface area contributed by atoms with Gasteiger partial charge in [-0.05, 0) is 30.3 Å². The van der Waals surface area contributed by atoms with Crippen molar-refractivity contribution in [3.8, 4) is 5.75 Å². The van der Waals surface area contributed by atoms with E-state index < -0.39 is 21.7 Å². The van der Waals surface area contributed by atoms with E-state index in [9.17, 15) is 22.0 Å². The quantitative estimate of drug-likeness (QED) is 0.719. The van der Waals surface area contributed by atoms with Crippen molar-refractivity contribution in [3.05, 3.63) is 60.2 Å². The largest absolute Gasteiger partial charge is 0.492 e. The lowest BCUT2D eigenvalue weighted by atomic mass is 10.3. The highest BCUT2D eigenvalue weighted by atomic mass is 32.2. The topological polar surface area (TPSA) is 79.0 Å². The summed E-state index contributed by atoms with van der Waals surface area (Å²) in [5, 5.41) is 2.68. The van der Waals surface area contributed by atoms with Crippen LogP contribution < -0.4 is 10.1 Å². The summed E-state index contributed by atoms with van der Waals surface area (Å²) >= 11 is 0. The molecule has 0 atom stereocenters. The van der Waals surface area contributed by atoms with Crippen molar-refractivity contribution < 1.29 is 26.7 Å².